The minimum atomic E-state index is -0.110. The predicted octanol–water partition coefficient (Wildman–Crippen LogP) is 2.84. The number of carbonyl (C=O) groups excluding carboxylic acids is 1. The molecule has 1 N–H and O–H groups in total. The van der Waals surface area contributed by atoms with Gasteiger partial charge >= 0.3 is 0 Å². The van der Waals surface area contributed by atoms with Gasteiger partial charge in [-0.1, -0.05) is 30.3 Å². The summed E-state index contributed by atoms with van der Waals surface area (Å²) in [4.78, 5) is 12.2. The van der Waals surface area contributed by atoms with E-state index in [4.69, 9.17) is 4.52 Å². The van der Waals surface area contributed by atoms with Crippen LogP contribution in [0.25, 0.3) is 11.1 Å². The predicted molar refractivity (Wildman–Crippen MR) is 67.2 cm³/mol. The summed E-state index contributed by atoms with van der Waals surface area (Å²) in [6, 6.07) is 7.46. The van der Waals surface area contributed by atoms with Gasteiger partial charge in [-0.2, -0.15) is 0 Å². The van der Waals surface area contributed by atoms with Crippen molar-refractivity contribution in [3.05, 3.63) is 41.3 Å². The smallest absolute Gasteiger partial charge is 0.252 e. The standard InChI is InChI=1S/C14H14N2O2/c1-3-11-13-12(8(2)16-18-13)9-6-4-5-7-10(9)14(17)15-11/h4-7,11H,3H2,1-2H3,(H,15,17)/t11-/m0/s1. The Morgan fingerprint density at radius 3 is 2.78 bits per heavy atom. The van der Waals surface area contributed by atoms with E-state index in [1.54, 1.807) is 0 Å². The van der Waals surface area contributed by atoms with Crippen molar-refractivity contribution < 1.29 is 9.32 Å². The summed E-state index contributed by atoms with van der Waals surface area (Å²) in [6.07, 6.45) is 0.779. The Balaban J connectivity index is 2.32. The van der Waals surface area contributed by atoms with Gasteiger partial charge in [-0.25, -0.2) is 0 Å². The lowest BCUT2D eigenvalue weighted by atomic mass is 9.97. The molecular weight excluding hydrogens is 228 g/mol. The van der Waals surface area contributed by atoms with Crippen molar-refractivity contribution in [2.45, 2.75) is 26.3 Å². The number of amides is 1. The molecule has 1 aromatic heterocycles. The molecule has 4 nitrogen and oxygen atoms in total. The number of aromatic nitrogens is 1. The zero-order valence-corrected chi connectivity index (χ0v) is 10.4. The average Bonchev–Trinajstić information content (AvgIpc) is 2.71. The molecule has 0 saturated heterocycles. The fourth-order valence-corrected chi connectivity index (χ4v) is 2.44. The molecule has 2 heterocycles. The first-order chi connectivity index (χ1) is 8.72. The van der Waals surface area contributed by atoms with E-state index in [2.05, 4.69) is 10.5 Å². The van der Waals surface area contributed by atoms with Crippen LogP contribution >= 0.6 is 0 Å². The fraction of sp³-hybridized carbons (Fsp3) is 0.286. The molecule has 4 heteroatoms. The first-order valence-electron chi connectivity index (χ1n) is 6.08. The molecule has 0 fully saturated rings. The van der Waals surface area contributed by atoms with Crippen LogP contribution < -0.4 is 5.32 Å². The number of nitrogens with one attached hydrogen (secondary N) is 1. The van der Waals surface area contributed by atoms with E-state index < -0.39 is 0 Å². The number of hydrogen-bond donors (Lipinski definition) is 1. The Bertz CT molecular complexity index is 616. The van der Waals surface area contributed by atoms with Gasteiger partial charge in [-0.05, 0) is 25.0 Å². The Labute approximate surface area is 105 Å². The van der Waals surface area contributed by atoms with E-state index in [9.17, 15) is 4.79 Å². The maximum absolute atomic E-state index is 12.2. The number of rotatable bonds is 1. The molecule has 0 bridgehead atoms. The number of fused-ring (bicyclic) bond motifs is 3. The third kappa shape index (κ3) is 1.45. The minimum Gasteiger partial charge on any atom is -0.358 e. The van der Waals surface area contributed by atoms with E-state index in [0.29, 0.717) is 5.56 Å². The monoisotopic (exact) mass is 242 g/mol. The van der Waals surface area contributed by atoms with Gasteiger partial charge in [0, 0.05) is 5.56 Å². The van der Waals surface area contributed by atoms with E-state index in [0.717, 1.165) is 29.0 Å². The number of benzene rings is 1. The summed E-state index contributed by atoms with van der Waals surface area (Å²) >= 11 is 0. The maximum atomic E-state index is 12.2. The lowest BCUT2D eigenvalue weighted by Crippen LogP contribution is -2.26. The second-order valence-electron chi connectivity index (χ2n) is 4.49. The van der Waals surface area contributed by atoms with Crippen molar-refractivity contribution in [1.29, 1.82) is 0 Å². The van der Waals surface area contributed by atoms with Gasteiger partial charge in [0.2, 0.25) is 0 Å². The van der Waals surface area contributed by atoms with Crippen LogP contribution in [0.2, 0.25) is 0 Å². The first kappa shape index (κ1) is 11.0. The summed E-state index contributed by atoms with van der Waals surface area (Å²) in [6.45, 7) is 3.92. The third-order valence-corrected chi connectivity index (χ3v) is 3.36. The van der Waals surface area contributed by atoms with Gasteiger partial charge in [0.1, 0.15) is 0 Å². The van der Waals surface area contributed by atoms with Crippen molar-refractivity contribution in [3.8, 4) is 11.1 Å². The zero-order valence-electron chi connectivity index (χ0n) is 10.4. The largest absolute Gasteiger partial charge is 0.358 e. The Kier molecular flexibility index (Phi) is 2.44. The van der Waals surface area contributed by atoms with Gasteiger partial charge in [-0.15, -0.1) is 0 Å². The highest BCUT2D eigenvalue weighted by Crippen LogP contribution is 2.37. The number of carbonyl (C=O) groups is 1. The van der Waals surface area contributed by atoms with Gasteiger partial charge in [0.15, 0.2) is 5.76 Å². The number of nitrogens with zero attached hydrogens (tertiary/aromatic N) is 1. The maximum Gasteiger partial charge on any atom is 0.252 e. The molecule has 2 aromatic rings. The van der Waals surface area contributed by atoms with Crippen molar-refractivity contribution in [2.24, 2.45) is 0 Å². The quantitative estimate of drug-likeness (QED) is 0.836. The Hall–Kier alpha value is -2.10. The molecule has 92 valence electrons. The first-order valence-corrected chi connectivity index (χ1v) is 6.08. The highest BCUT2D eigenvalue weighted by Gasteiger charge is 2.30. The van der Waals surface area contributed by atoms with E-state index in [-0.39, 0.29) is 11.9 Å². The topological polar surface area (TPSA) is 55.1 Å². The highest BCUT2D eigenvalue weighted by molar-refractivity contribution is 6.02. The van der Waals surface area contributed by atoms with Crippen LogP contribution in [0.1, 0.15) is 41.2 Å². The molecule has 0 radical (unpaired) electrons. The molecule has 1 aromatic carbocycles. The van der Waals surface area contributed by atoms with Crippen molar-refractivity contribution in [3.63, 3.8) is 0 Å². The van der Waals surface area contributed by atoms with Crippen LogP contribution in [0.3, 0.4) is 0 Å². The third-order valence-electron chi connectivity index (χ3n) is 3.36. The molecule has 1 amide bonds. The molecular formula is C14H14N2O2. The molecule has 0 spiro atoms. The average molecular weight is 242 g/mol. The molecule has 0 unspecified atom stereocenters. The van der Waals surface area contributed by atoms with E-state index in [1.165, 1.54) is 0 Å². The van der Waals surface area contributed by atoms with Crippen LogP contribution in [-0.2, 0) is 0 Å². The van der Waals surface area contributed by atoms with Gasteiger partial charge in [0.25, 0.3) is 5.91 Å². The van der Waals surface area contributed by atoms with Gasteiger partial charge in [-0.3, -0.25) is 4.79 Å². The molecule has 1 aliphatic heterocycles. The lowest BCUT2D eigenvalue weighted by molar-refractivity contribution is 0.0931. The van der Waals surface area contributed by atoms with Crippen LogP contribution in [0.5, 0.6) is 0 Å². The Morgan fingerprint density at radius 2 is 2.06 bits per heavy atom. The van der Waals surface area contributed by atoms with Gasteiger partial charge < -0.3 is 9.84 Å². The molecule has 3 rings (SSSR count). The van der Waals surface area contributed by atoms with Crippen LogP contribution in [0.15, 0.2) is 28.8 Å². The van der Waals surface area contributed by atoms with Crippen molar-refractivity contribution >= 4 is 5.91 Å². The summed E-state index contributed by atoms with van der Waals surface area (Å²) in [5, 5.41) is 7.02. The molecule has 1 atom stereocenters. The number of hydrogen-bond acceptors (Lipinski definition) is 3. The molecule has 0 aliphatic carbocycles. The van der Waals surface area contributed by atoms with Gasteiger partial charge in [0.05, 0.1) is 17.3 Å². The summed E-state index contributed by atoms with van der Waals surface area (Å²) < 4.78 is 5.41. The van der Waals surface area contributed by atoms with E-state index >= 15 is 0 Å². The van der Waals surface area contributed by atoms with Crippen molar-refractivity contribution in [2.75, 3.05) is 0 Å². The van der Waals surface area contributed by atoms with Crippen LogP contribution in [0, 0.1) is 6.92 Å². The normalized spacial score (nSPS) is 17.7. The van der Waals surface area contributed by atoms with Crippen LogP contribution in [-0.4, -0.2) is 11.1 Å². The van der Waals surface area contributed by atoms with Crippen LogP contribution in [0.4, 0.5) is 0 Å². The molecule has 18 heavy (non-hydrogen) atoms. The highest BCUT2D eigenvalue weighted by atomic mass is 16.5. The summed E-state index contributed by atoms with van der Waals surface area (Å²) in [5.41, 5.74) is 3.36. The summed E-state index contributed by atoms with van der Waals surface area (Å²) in [5.74, 6) is 0.705. The minimum absolute atomic E-state index is 0.0525. The fourth-order valence-electron chi connectivity index (χ4n) is 2.44. The molecule has 0 saturated carbocycles. The number of aryl methyl sites for hydroxylation is 1. The zero-order chi connectivity index (χ0) is 12.7. The van der Waals surface area contributed by atoms with Crippen molar-refractivity contribution in [1.82, 2.24) is 10.5 Å². The lowest BCUT2D eigenvalue weighted by Gasteiger charge is -2.11. The molecule has 1 aliphatic rings. The SMILES string of the molecule is CC[C@@H]1NC(=O)c2ccccc2-c2c(C)noc21. The van der Waals surface area contributed by atoms with E-state index in [1.807, 2.05) is 38.1 Å². The second kappa shape index (κ2) is 3.98. The second-order valence-corrected chi connectivity index (χ2v) is 4.49. The Morgan fingerprint density at radius 1 is 1.33 bits per heavy atom. The summed E-state index contributed by atoms with van der Waals surface area (Å²) in [7, 11) is 0.